The fraction of sp³-hybridized carbons (Fsp3) is 0. The van der Waals surface area contributed by atoms with Gasteiger partial charge in [-0.05, 0) is 65.2 Å². The van der Waals surface area contributed by atoms with E-state index in [1.54, 1.807) is 0 Å². The van der Waals surface area contributed by atoms with Gasteiger partial charge in [0.2, 0.25) is 0 Å². The van der Waals surface area contributed by atoms with E-state index < -0.39 is 0 Å². The van der Waals surface area contributed by atoms with E-state index in [0.29, 0.717) is 16.7 Å². The third kappa shape index (κ3) is 4.61. The van der Waals surface area contributed by atoms with Gasteiger partial charge in [-0.1, -0.05) is 133 Å². The Morgan fingerprint density at radius 3 is 1.43 bits per heavy atom. The van der Waals surface area contributed by atoms with Crippen molar-refractivity contribution in [1.29, 1.82) is 10.5 Å². The average Bonchev–Trinajstić information content (AvgIpc) is 3.77. The van der Waals surface area contributed by atoms with Crippen LogP contribution in [-0.2, 0) is 0 Å². The Bertz CT molecular complexity index is 3140. The van der Waals surface area contributed by atoms with Gasteiger partial charge >= 0.3 is 0 Å². The summed E-state index contributed by atoms with van der Waals surface area (Å²) in [5, 5.41) is 26.4. The summed E-state index contributed by atoms with van der Waals surface area (Å²) in [6.07, 6.45) is 0. The number of nitriles is 2. The molecule has 0 unspecified atom stereocenters. The average molecular weight is 687 g/mol. The van der Waals surface area contributed by atoms with E-state index >= 15 is 0 Å². The summed E-state index contributed by atoms with van der Waals surface area (Å²) in [5.74, 6) is 0. The van der Waals surface area contributed by atoms with Gasteiger partial charge in [-0.15, -0.1) is 0 Å². The number of hydrogen-bond acceptors (Lipinski definition) is 2. The van der Waals surface area contributed by atoms with E-state index in [-0.39, 0.29) is 0 Å². The smallest absolute Gasteiger partial charge is 0.100 e. The zero-order valence-electron chi connectivity index (χ0n) is 29.1. The molecule has 2 heterocycles. The van der Waals surface area contributed by atoms with Crippen LogP contribution in [0.5, 0.6) is 0 Å². The fourth-order valence-electron chi connectivity index (χ4n) is 8.37. The van der Waals surface area contributed by atoms with Gasteiger partial charge in [0.25, 0.3) is 0 Å². The molecule has 0 aliphatic rings. The first-order valence-corrected chi connectivity index (χ1v) is 18.0. The zero-order valence-corrected chi connectivity index (χ0v) is 29.1. The van der Waals surface area contributed by atoms with Crippen molar-refractivity contribution < 1.29 is 0 Å². The molecule has 250 valence electrons. The lowest BCUT2D eigenvalue weighted by atomic mass is 9.83. The number of fused-ring (bicyclic) bond motifs is 7. The van der Waals surface area contributed by atoms with Gasteiger partial charge in [-0.3, -0.25) is 0 Å². The summed E-state index contributed by atoms with van der Waals surface area (Å²) in [6.45, 7) is 0. The van der Waals surface area contributed by atoms with Crippen LogP contribution in [0.2, 0.25) is 0 Å². The molecule has 0 N–H and O–H groups in total. The summed E-state index contributed by atoms with van der Waals surface area (Å²) < 4.78 is 4.75. The second kappa shape index (κ2) is 12.5. The van der Waals surface area contributed by atoms with Crippen molar-refractivity contribution in [3.05, 3.63) is 193 Å². The third-order valence-corrected chi connectivity index (χ3v) is 10.6. The van der Waals surface area contributed by atoms with Crippen molar-refractivity contribution in [3.8, 4) is 56.9 Å². The minimum absolute atomic E-state index is 0.474. The molecule has 10 aromatic rings. The Hall–Kier alpha value is -7.66. The summed E-state index contributed by atoms with van der Waals surface area (Å²) >= 11 is 0. The molecule has 0 spiro atoms. The van der Waals surface area contributed by atoms with Crippen molar-refractivity contribution in [3.63, 3.8) is 0 Å². The lowest BCUT2D eigenvalue weighted by Gasteiger charge is -2.19. The molecule has 54 heavy (non-hydrogen) atoms. The molecule has 0 aliphatic carbocycles. The van der Waals surface area contributed by atoms with Gasteiger partial charge in [-0.2, -0.15) is 10.5 Å². The Labute approximate surface area is 312 Å². The summed E-state index contributed by atoms with van der Waals surface area (Å²) in [5.41, 5.74) is 12.3. The highest BCUT2D eigenvalue weighted by Gasteiger charge is 2.28. The van der Waals surface area contributed by atoms with Crippen LogP contribution < -0.4 is 0 Å². The molecule has 0 saturated heterocycles. The number of nitrogens with zero attached hydrogens (tertiary/aromatic N) is 4. The van der Waals surface area contributed by atoms with Gasteiger partial charge < -0.3 is 9.13 Å². The largest absolute Gasteiger partial charge is 0.307 e. The predicted octanol–water partition coefficient (Wildman–Crippen LogP) is 12.6. The van der Waals surface area contributed by atoms with Crippen LogP contribution in [0, 0.1) is 22.7 Å². The molecule has 0 amide bonds. The normalized spacial score (nSPS) is 11.3. The monoisotopic (exact) mass is 686 g/mol. The first-order valence-electron chi connectivity index (χ1n) is 18.0. The minimum atomic E-state index is 0.474. The quantitative estimate of drug-likeness (QED) is 0.181. The summed E-state index contributed by atoms with van der Waals surface area (Å²) in [7, 11) is 0. The van der Waals surface area contributed by atoms with Crippen LogP contribution in [0.4, 0.5) is 0 Å². The number of aromatic nitrogens is 2. The first kappa shape index (κ1) is 31.1. The maximum Gasteiger partial charge on any atom is 0.100 e. The van der Waals surface area contributed by atoms with Crippen molar-refractivity contribution in [2.75, 3.05) is 0 Å². The van der Waals surface area contributed by atoms with Crippen molar-refractivity contribution >= 4 is 43.6 Å². The molecular formula is C50H30N4. The van der Waals surface area contributed by atoms with Crippen LogP contribution >= 0.6 is 0 Å². The lowest BCUT2D eigenvalue weighted by Crippen LogP contribution is -2.00. The number of rotatable bonds is 5. The molecule has 0 radical (unpaired) electrons. The van der Waals surface area contributed by atoms with Crippen molar-refractivity contribution in [2.24, 2.45) is 0 Å². The Balaban J connectivity index is 1.49. The maximum absolute atomic E-state index is 11.2. The molecule has 0 fully saturated rings. The van der Waals surface area contributed by atoms with E-state index in [0.717, 1.165) is 82.8 Å². The van der Waals surface area contributed by atoms with E-state index in [2.05, 4.69) is 137 Å². The van der Waals surface area contributed by atoms with Gasteiger partial charge in [0.1, 0.15) is 12.1 Å². The number of para-hydroxylation sites is 4. The Kier molecular flexibility index (Phi) is 7.22. The van der Waals surface area contributed by atoms with E-state index in [4.69, 9.17) is 0 Å². The van der Waals surface area contributed by atoms with E-state index in [1.807, 2.05) is 66.7 Å². The molecule has 0 saturated carbocycles. The van der Waals surface area contributed by atoms with Crippen molar-refractivity contribution in [1.82, 2.24) is 9.13 Å². The second-order valence-electron chi connectivity index (χ2n) is 13.5. The molecule has 0 bridgehead atoms. The number of benzene rings is 8. The third-order valence-electron chi connectivity index (χ3n) is 10.6. The van der Waals surface area contributed by atoms with Gasteiger partial charge in [0.05, 0.1) is 33.2 Å². The van der Waals surface area contributed by atoms with E-state index in [9.17, 15) is 10.5 Å². The molecule has 4 nitrogen and oxygen atoms in total. The van der Waals surface area contributed by atoms with Gasteiger partial charge in [0, 0.05) is 49.6 Å². The molecule has 2 aromatic heterocycles. The van der Waals surface area contributed by atoms with Crippen LogP contribution in [0.25, 0.3) is 88.4 Å². The van der Waals surface area contributed by atoms with Gasteiger partial charge in [-0.25, -0.2) is 0 Å². The highest BCUT2D eigenvalue weighted by molar-refractivity contribution is 6.28. The molecular weight excluding hydrogens is 657 g/mol. The molecule has 10 rings (SSSR count). The predicted molar refractivity (Wildman–Crippen MR) is 221 cm³/mol. The second-order valence-corrected chi connectivity index (χ2v) is 13.5. The maximum atomic E-state index is 11.2. The summed E-state index contributed by atoms with van der Waals surface area (Å²) in [6, 6.07) is 67.6. The van der Waals surface area contributed by atoms with Crippen molar-refractivity contribution in [2.45, 2.75) is 0 Å². The summed E-state index contributed by atoms with van der Waals surface area (Å²) in [4.78, 5) is 0. The molecule has 4 heteroatoms. The lowest BCUT2D eigenvalue weighted by molar-refractivity contribution is 1.15. The minimum Gasteiger partial charge on any atom is -0.307 e. The van der Waals surface area contributed by atoms with Gasteiger partial charge in [0.15, 0.2) is 0 Å². The van der Waals surface area contributed by atoms with Crippen LogP contribution in [-0.4, -0.2) is 9.13 Å². The number of hydrogen-bond donors (Lipinski definition) is 0. The Morgan fingerprint density at radius 1 is 0.370 bits per heavy atom. The van der Waals surface area contributed by atoms with Crippen LogP contribution in [0.1, 0.15) is 11.1 Å². The first-order chi connectivity index (χ1) is 26.8. The molecule has 0 atom stereocenters. The fourth-order valence-corrected chi connectivity index (χ4v) is 8.37. The highest BCUT2D eigenvalue weighted by atomic mass is 15.0. The molecule has 8 aromatic carbocycles. The van der Waals surface area contributed by atoms with Crippen LogP contribution in [0.3, 0.4) is 0 Å². The molecule has 0 aliphatic heterocycles. The highest BCUT2D eigenvalue weighted by Crippen LogP contribution is 2.49. The SMILES string of the molecule is N#Cc1c(-c2ccccc2)cc(-c2cc3c4ccccc4n(-c4ccccc4)c3c3c2c2ccccc2n3-c2ccccc2)c(C#N)c1-c1ccccc1. The van der Waals surface area contributed by atoms with Crippen LogP contribution in [0.15, 0.2) is 182 Å². The Morgan fingerprint density at radius 2 is 0.833 bits per heavy atom. The standard InChI is InChI=1S/C50H30N4/c51-31-43-39(33-17-5-1-6-18-33)29-40(44(32-52)47(43)34-19-7-2-8-20-34)41-30-42-37-25-13-15-27-45(37)53(35-21-9-3-10-22-35)49(42)50-48(41)38-26-14-16-28-46(38)54(50)36-23-11-4-12-24-36/h1-30H. The zero-order chi connectivity index (χ0) is 36.2. The van der Waals surface area contributed by atoms with E-state index in [1.165, 1.54) is 0 Å². The topological polar surface area (TPSA) is 57.4 Å².